The Kier molecular flexibility index (Phi) is 4.88. The van der Waals surface area contributed by atoms with E-state index < -0.39 is 17.8 Å². The van der Waals surface area contributed by atoms with E-state index in [2.05, 4.69) is 5.32 Å². The number of rotatable bonds is 4. The first-order valence-electron chi connectivity index (χ1n) is 7.17. The van der Waals surface area contributed by atoms with Crippen LogP contribution in [0.1, 0.15) is 38.3 Å². The van der Waals surface area contributed by atoms with Crippen LogP contribution in [-0.2, 0) is 9.59 Å². The second kappa shape index (κ2) is 6.48. The minimum Gasteiger partial charge on any atom is -0.481 e. The van der Waals surface area contributed by atoms with Crippen molar-refractivity contribution < 1.29 is 14.7 Å². The summed E-state index contributed by atoms with van der Waals surface area (Å²) in [6, 6.07) is 7.11. The summed E-state index contributed by atoms with van der Waals surface area (Å²) in [5.74, 6) is -1.82. The summed E-state index contributed by atoms with van der Waals surface area (Å²) in [5.41, 5.74) is 0.911. The number of carboxylic acids is 1. The minimum absolute atomic E-state index is 0.181. The van der Waals surface area contributed by atoms with Gasteiger partial charge in [-0.15, -0.1) is 0 Å². The van der Waals surface area contributed by atoms with Gasteiger partial charge in [-0.2, -0.15) is 0 Å². The smallest absolute Gasteiger partial charge is 0.307 e. The van der Waals surface area contributed by atoms with Crippen molar-refractivity contribution in [2.24, 2.45) is 17.8 Å². The molecule has 1 aromatic rings. The largest absolute Gasteiger partial charge is 0.481 e. The first-order chi connectivity index (χ1) is 9.88. The Labute approximate surface area is 129 Å². The molecule has 4 atom stereocenters. The maximum Gasteiger partial charge on any atom is 0.307 e. The molecular formula is C16H20ClNO3. The molecule has 1 saturated carbocycles. The van der Waals surface area contributed by atoms with E-state index in [0.29, 0.717) is 17.9 Å². The third kappa shape index (κ3) is 3.76. The Bertz CT molecular complexity index is 546. The summed E-state index contributed by atoms with van der Waals surface area (Å²) < 4.78 is 0. The molecule has 1 fully saturated rings. The van der Waals surface area contributed by atoms with Gasteiger partial charge < -0.3 is 10.4 Å². The molecule has 4 nitrogen and oxygen atoms in total. The van der Waals surface area contributed by atoms with Crippen molar-refractivity contribution in [1.29, 1.82) is 0 Å². The van der Waals surface area contributed by atoms with E-state index in [-0.39, 0.29) is 17.9 Å². The van der Waals surface area contributed by atoms with Crippen LogP contribution in [0.2, 0.25) is 5.02 Å². The average Bonchev–Trinajstić information content (AvgIpc) is 2.81. The molecule has 2 N–H and O–H groups in total. The lowest BCUT2D eigenvalue weighted by atomic mass is 9.94. The molecule has 114 valence electrons. The number of amides is 1. The zero-order chi connectivity index (χ0) is 15.6. The van der Waals surface area contributed by atoms with Crippen LogP contribution in [0.3, 0.4) is 0 Å². The van der Waals surface area contributed by atoms with E-state index in [1.165, 1.54) is 0 Å². The molecule has 0 radical (unpaired) electrons. The van der Waals surface area contributed by atoms with Gasteiger partial charge in [-0.05, 0) is 43.4 Å². The molecule has 0 heterocycles. The number of hydrogen-bond donors (Lipinski definition) is 2. The molecule has 2 rings (SSSR count). The third-order valence-electron chi connectivity index (χ3n) is 4.16. The highest BCUT2D eigenvalue weighted by molar-refractivity contribution is 6.30. The normalized spacial score (nSPS) is 26.3. The molecule has 1 aromatic carbocycles. The standard InChI is InChI=1S/C16H20ClNO3/c1-9-6-13(14(7-9)16(20)21)15(19)18-10(2)11-4-3-5-12(17)8-11/h3-5,8-10,13-14H,6-7H2,1-2H3,(H,18,19)(H,20,21)/t9?,10-,13-,14+/m0/s1. The van der Waals surface area contributed by atoms with E-state index in [1.54, 1.807) is 12.1 Å². The van der Waals surface area contributed by atoms with E-state index >= 15 is 0 Å². The van der Waals surface area contributed by atoms with Gasteiger partial charge in [0, 0.05) is 5.02 Å². The van der Waals surface area contributed by atoms with Crippen molar-refractivity contribution in [3.63, 3.8) is 0 Å². The molecule has 21 heavy (non-hydrogen) atoms. The van der Waals surface area contributed by atoms with Gasteiger partial charge in [0.15, 0.2) is 0 Å². The van der Waals surface area contributed by atoms with Gasteiger partial charge in [-0.3, -0.25) is 9.59 Å². The first-order valence-corrected chi connectivity index (χ1v) is 7.55. The highest BCUT2D eigenvalue weighted by atomic mass is 35.5. The number of carboxylic acid groups (broad SMARTS) is 1. The summed E-state index contributed by atoms with van der Waals surface area (Å²) in [6.07, 6.45) is 1.20. The zero-order valence-electron chi connectivity index (χ0n) is 12.2. The maximum atomic E-state index is 12.4. The fourth-order valence-electron chi connectivity index (χ4n) is 3.03. The lowest BCUT2D eigenvalue weighted by molar-refractivity contribution is -0.146. The van der Waals surface area contributed by atoms with Crippen molar-refractivity contribution >= 4 is 23.5 Å². The Hall–Kier alpha value is -1.55. The number of carbonyl (C=O) groups is 2. The quantitative estimate of drug-likeness (QED) is 0.897. The lowest BCUT2D eigenvalue weighted by Crippen LogP contribution is -2.36. The molecule has 0 spiro atoms. The molecule has 0 saturated heterocycles. The summed E-state index contributed by atoms with van der Waals surface area (Å²) in [7, 11) is 0. The van der Waals surface area contributed by atoms with Crippen molar-refractivity contribution in [2.45, 2.75) is 32.7 Å². The van der Waals surface area contributed by atoms with E-state index in [9.17, 15) is 14.7 Å². The van der Waals surface area contributed by atoms with Gasteiger partial charge in [0.2, 0.25) is 5.91 Å². The van der Waals surface area contributed by atoms with Crippen LogP contribution < -0.4 is 5.32 Å². The zero-order valence-corrected chi connectivity index (χ0v) is 12.9. The highest BCUT2D eigenvalue weighted by Crippen LogP contribution is 2.36. The molecule has 0 bridgehead atoms. The molecular weight excluding hydrogens is 290 g/mol. The predicted molar refractivity (Wildman–Crippen MR) is 81.0 cm³/mol. The minimum atomic E-state index is -0.880. The van der Waals surface area contributed by atoms with Gasteiger partial charge in [0.25, 0.3) is 0 Å². The lowest BCUT2D eigenvalue weighted by Gasteiger charge is -2.20. The van der Waals surface area contributed by atoms with Crippen molar-refractivity contribution in [3.8, 4) is 0 Å². The van der Waals surface area contributed by atoms with Gasteiger partial charge in [-0.1, -0.05) is 30.7 Å². The Morgan fingerprint density at radius 2 is 2.00 bits per heavy atom. The van der Waals surface area contributed by atoms with E-state index in [4.69, 9.17) is 11.6 Å². The van der Waals surface area contributed by atoms with Crippen LogP contribution >= 0.6 is 11.6 Å². The van der Waals surface area contributed by atoms with Crippen molar-refractivity contribution in [1.82, 2.24) is 5.32 Å². The first kappa shape index (κ1) is 15.8. The van der Waals surface area contributed by atoms with Gasteiger partial charge in [0.05, 0.1) is 17.9 Å². The Morgan fingerprint density at radius 3 is 2.62 bits per heavy atom. The molecule has 1 aliphatic rings. The number of hydrogen-bond acceptors (Lipinski definition) is 2. The molecule has 1 unspecified atom stereocenters. The summed E-state index contributed by atoms with van der Waals surface area (Å²) >= 11 is 5.95. The summed E-state index contributed by atoms with van der Waals surface area (Å²) in [6.45, 7) is 3.86. The van der Waals surface area contributed by atoms with Crippen LogP contribution in [0, 0.1) is 17.8 Å². The summed E-state index contributed by atoms with van der Waals surface area (Å²) in [4.78, 5) is 23.6. The molecule has 0 aliphatic heterocycles. The van der Waals surface area contributed by atoms with Gasteiger partial charge in [0.1, 0.15) is 0 Å². The molecule has 1 amide bonds. The number of nitrogens with one attached hydrogen (secondary N) is 1. The van der Waals surface area contributed by atoms with Crippen LogP contribution in [-0.4, -0.2) is 17.0 Å². The molecule has 0 aromatic heterocycles. The van der Waals surface area contributed by atoms with Crippen LogP contribution in [0.5, 0.6) is 0 Å². The van der Waals surface area contributed by atoms with Gasteiger partial charge >= 0.3 is 5.97 Å². The van der Waals surface area contributed by atoms with E-state index in [1.807, 2.05) is 26.0 Å². The highest BCUT2D eigenvalue weighted by Gasteiger charge is 2.41. The van der Waals surface area contributed by atoms with E-state index in [0.717, 1.165) is 5.56 Å². The van der Waals surface area contributed by atoms with Crippen LogP contribution in [0.25, 0.3) is 0 Å². The Morgan fingerprint density at radius 1 is 1.33 bits per heavy atom. The Balaban J connectivity index is 2.05. The third-order valence-corrected chi connectivity index (χ3v) is 4.39. The fraction of sp³-hybridized carbons (Fsp3) is 0.500. The second-order valence-electron chi connectivity index (χ2n) is 5.91. The topological polar surface area (TPSA) is 66.4 Å². The van der Waals surface area contributed by atoms with Crippen LogP contribution in [0.15, 0.2) is 24.3 Å². The number of aliphatic carboxylic acids is 1. The predicted octanol–water partition coefficient (Wildman–Crippen LogP) is 3.26. The number of benzene rings is 1. The van der Waals surface area contributed by atoms with Crippen molar-refractivity contribution in [2.75, 3.05) is 0 Å². The number of carbonyl (C=O) groups excluding carboxylic acids is 1. The second-order valence-corrected chi connectivity index (χ2v) is 6.35. The molecule has 5 heteroatoms. The van der Waals surface area contributed by atoms with Crippen molar-refractivity contribution in [3.05, 3.63) is 34.9 Å². The van der Waals surface area contributed by atoms with Gasteiger partial charge in [-0.25, -0.2) is 0 Å². The summed E-state index contributed by atoms with van der Waals surface area (Å²) in [5, 5.41) is 12.8. The molecule has 1 aliphatic carbocycles. The fourth-order valence-corrected chi connectivity index (χ4v) is 3.23. The monoisotopic (exact) mass is 309 g/mol. The SMILES string of the molecule is CC1C[C@H](C(=O)N[C@@H](C)c2cccc(Cl)c2)[C@H](C(=O)O)C1. The van der Waals surface area contributed by atoms with Crippen LogP contribution in [0.4, 0.5) is 0 Å². The number of halogens is 1. The maximum absolute atomic E-state index is 12.4. The average molecular weight is 310 g/mol.